The zero-order valence-corrected chi connectivity index (χ0v) is 17.2. The number of amides is 1. The van der Waals surface area contributed by atoms with Crippen LogP contribution in [0.5, 0.6) is 5.88 Å². The van der Waals surface area contributed by atoms with Crippen molar-refractivity contribution in [2.24, 2.45) is 0 Å². The van der Waals surface area contributed by atoms with Crippen molar-refractivity contribution in [1.29, 1.82) is 0 Å². The monoisotopic (exact) mass is 428 g/mol. The van der Waals surface area contributed by atoms with Gasteiger partial charge in [-0.05, 0) is 49.6 Å². The molecule has 2 aromatic carbocycles. The van der Waals surface area contributed by atoms with Gasteiger partial charge in [0, 0.05) is 24.4 Å². The van der Waals surface area contributed by atoms with Crippen LogP contribution in [0.3, 0.4) is 0 Å². The van der Waals surface area contributed by atoms with Crippen molar-refractivity contribution in [2.75, 3.05) is 6.54 Å². The minimum Gasteiger partial charge on any atom is -0.475 e. The summed E-state index contributed by atoms with van der Waals surface area (Å²) < 4.78 is 44.7. The van der Waals surface area contributed by atoms with Gasteiger partial charge < -0.3 is 10.1 Å². The third kappa shape index (κ3) is 6.07. The van der Waals surface area contributed by atoms with Crippen LogP contribution in [0, 0.1) is 0 Å². The van der Waals surface area contributed by atoms with Crippen LogP contribution in [0.4, 0.5) is 13.2 Å². The van der Waals surface area contributed by atoms with Gasteiger partial charge in [0.15, 0.2) is 0 Å². The SMILES string of the molecule is CC(C)Oc1ccc(-c2ccc(CCNC(=O)c3ccccc3C(F)(F)F)cc2)cn1. The highest BCUT2D eigenvalue weighted by Crippen LogP contribution is 2.31. The van der Waals surface area contributed by atoms with Gasteiger partial charge in [-0.25, -0.2) is 4.98 Å². The first-order valence-corrected chi connectivity index (χ1v) is 9.90. The third-order valence-electron chi connectivity index (χ3n) is 4.56. The molecule has 0 atom stereocenters. The van der Waals surface area contributed by atoms with E-state index in [1.165, 1.54) is 18.2 Å². The number of halogens is 3. The van der Waals surface area contributed by atoms with E-state index in [1.807, 2.05) is 50.2 Å². The Morgan fingerprint density at radius 1 is 1.00 bits per heavy atom. The normalized spacial score (nSPS) is 11.4. The largest absolute Gasteiger partial charge is 0.475 e. The Morgan fingerprint density at radius 3 is 2.29 bits per heavy atom. The summed E-state index contributed by atoms with van der Waals surface area (Å²) in [6.07, 6.45) is -2.28. The van der Waals surface area contributed by atoms with Crippen molar-refractivity contribution >= 4 is 5.91 Å². The van der Waals surface area contributed by atoms with Crippen LogP contribution in [-0.4, -0.2) is 23.5 Å². The number of pyridine rings is 1. The molecule has 0 aliphatic rings. The van der Waals surface area contributed by atoms with Gasteiger partial charge in [-0.15, -0.1) is 0 Å². The van der Waals surface area contributed by atoms with E-state index in [0.29, 0.717) is 12.3 Å². The van der Waals surface area contributed by atoms with Crippen molar-refractivity contribution in [3.8, 4) is 17.0 Å². The number of aromatic nitrogens is 1. The maximum atomic E-state index is 13.1. The molecule has 7 heteroatoms. The molecule has 4 nitrogen and oxygen atoms in total. The summed E-state index contributed by atoms with van der Waals surface area (Å²) in [5, 5.41) is 2.57. The Kier molecular flexibility index (Phi) is 6.95. The van der Waals surface area contributed by atoms with Crippen molar-refractivity contribution in [3.05, 3.63) is 83.6 Å². The molecule has 0 spiro atoms. The quantitative estimate of drug-likeness (QED) is 0.539. The van der Waals surface area contributed by atoms with E-state index >= 15 is 0 Å². The van der Waals surface area contributed by atoms with E-state index in [0.717, 1.165) is 22.8 Å². The molecule has 0 radical (unpaired) electrons. The number of hydrogen-bond donors (Lipinski definition) is 1. The number of carbonyl (C=O) groups excluding carboxylic acids is 1. The third-order valence-corrected chi connectivity index (χ3v) is 4.56. The number of benzene rings is 2. The highest BCUT2D eigenvalue weighted by atomic mass is 19.4. The van der Waals surface area contributed by atoms with Crippen LogP contribution in [0.25, 0.3) is 11.1 Å². The molecule has 1 amide bonds. The van der Waals surface area contributed by atoms with Crippen LogP contribution in [-0.2, 0) is 12.6 Å². The Morgan fingerprint density at radius 2 is 1.68 bits per heavy atom. The van der Waals surface area contributed by atoms with Crippen molar-refractivity contribution in [2.45, 2.75) is 32.5 Å². The van der Waals surface area contributed by atoms with E-state index in [-0.39, 0.29) is 18.2 Å². The van der Waals surface area contributed by atoms with E-state index in [2.05, 4.69) is 10.3 Å². The summed E-state index contributed by atoms with van der Waals surface area (Å²) in [7, 11) is 0. The molecule has 31 heavy (non-hydrogen) atoms. The number of ether oxygens (including phenoxy) is 1. The Labute approximate surface area is 179 Å². The van der Waals surface area contributed by atoms with Crippen LogP contribution >= 0.6 is 0 Å². The number of nitrogens with one attached hydrogen (secondary N) is 1. The second-order valence-electron chi connectivity index (χ2n) is 7.30. The number of nitrogens with zero attached hydrogens (tertiary/aromatic N) is 1. The fourth-order valence-corrected chi connectivity index (χ4v) is 3.07. The first-order chi connectivity index (χ1) is 14.7. The molecular formula is C24H23F3N2O2. The van der Waals surface area contributed by atoms with Gasteiger partial charge >= 0.3 is 6.18 Å². The summed E-state index contributed by atoms with van der Waals surface area (Å²) >= 11 is 0. The molecule has 1 heterocycles. The maximum Gasteiger partial charge on any atom is 0.417 e. The van der Waals surface area contributed by atoms with Crippen molar-refractivity contribution in [3.63, 3.8) is 0 Å². The lowest BCUT2D eigenvalue weighted by molar-refractivity contribution is -0.137. The second kappa shape index (κ2) is 9.64. The standard InChI is InChI=1S/C24H23F3N2O2/c1-16(2)31-22-12-11-19(15-29-22)18-9-7-17(8-10-18)13-14-28-23(30)20-5-3-4-6-21(20)24(25,26)27/h3-12,15-16H,13-14H2,1-2H3,(H,28,30). The molecule has 0 unspecified atom stereocenters. The Hall–Kier alpha value is -3.35. The van der Waals surface area contributed by atoms with Gasteiger partial charge in [0.25, 0.3) is 5.91 Å². The molecule has 1 aromatic heterocycles. The lowest BCUT2D eigenvalue weighted by atomic mass is 10.0. The number of carbonyl (C=O) groups is 1. The number of hydrogen-bond acceptors (Lipinski definition) is 3. The van der Waals surface area contributed by atoms with Crippen LogP contribution in [0.2, 0.25) is 0 Å². The van der Waals surface area contributed by atoms with Gasteiger partial charge in [-0.1, -0.05) is 36.4 Å². The molecule has 0 saturated carbocycles. The summed E-state index contributed by atoms with van der Waals surface area (Å²) in [4.78, 5) is 16.5. The van der Waals surface area contributed by atoms with Crippen LogP contribution in [0.1, 0.15) is 35.3 Å². The highest BCUT2D eigenvalue weighted by Gasteiger charge is 2.34. The average Bonchev–Trinajstić information content (AvgIpc) is 2.74. The first-order valence-electron chi connectivity index (χ1n) is 9.90. The summed E-state index contributed by atoms with van der Waals surface area (Å²) in [5.74, 6) is -0.169. The number of rotatable bonds is 7. The summed E-state index contributed by atoms with van der Waals surface area (Å²) in [6, 6.07) is 16.2. The predicted molar refractivity (Wildman–Crippen MR) is 113 cm³/mol. The smallest absolute Gasteiger partial charge is 0.417 e. The van der Waals surface area contributed by atoms with Gasteiger partial charge in [-0.3, -0.25) is 4.79 Å². The van der Waals surface area contributed by atoms with Crippen molar-refractivity contribution < 1.29 is 22.7 Å². The average molecular weight is 428 g/mol. The molecule has 0 aliphatic heterocycles. The zero-order valence-electron chi connectivity index (χ0n) is 17.2. The molecule has 0 aliphatic carbocycles. The molecule has 0 bridgehead atoms. The van der Waals surface area contributed by atoms with Gasteiger partial charge in [0.1, 0.15) is 0 Å². The lowest BCUT2D eigenvalue weighted by Crippen LogP contribution is -2.28. The summed E-state index contributed by atoms with van der Waals surface area (Å²) in [5.41, 5.74) is 1.58. The maximum absolute atomic E-state index is 13.1. The van der Waals surface area contributed by atoms with Crippen LogP contribution in [0.15, 0.2) is 66.9 Å². The Bertz CT molecular complexity index is 1010. The van der Waals surface area contributed by atoms with Crippen LogP contribution < -0.4 is 10.1 Å². The fourth-order valence-electron chi connectivity index (χ4n) is 3.07. The second-order valence-corrected chi connectivity index (χ2v) is 7.30. The molecule has 162 valence electrons. The van der Waals surface area contributed by atoms with Gasteiger partial charge in [-0.2, -0.15) is 13.2 Å². The Balaban J connectivity index is 1.57. The molecule has 0 saturated heterocycles. The van der Waals surface area contributed by atoms with Gasteiger partial charge in [0.05, 0.1) is 17.2 Å². The van der Waals surface area contributed by atoms with E-state index < -0.39 is 17.6 Å². The van der Waals surface area contributed by atoms with Gasteiger partial charge in [0.2, 0.25) is 5.88 Å². The first kappa shape index (κ1) is 22.3. The minimum absolute atomic E-state index is 0.0556. The zero-order chi connectivity index (χ0) is 22.4. The fraction of sp³-hybridized carbons (Fsp3) is 0.250. The topological polar surface area (TPSA) is 51.2 Å². The molecule has 3 aromatic rings. The summed E-state index contributed by atoms with van der Waals surface area (Å²) in [6.45, 7) is 4.10. The van der Waals surface area contributed by atoms with Crippen molar-refractivity contribution in [1.82, 2.24) is 10.3 Å². The predicted octanol–water partition coefficient (Wildman–Crippen LogP) is 5.53. The lowest BCUT2D eigenvalue weighted by Gasteiger charge is -2.12. The van der Waals surface area contributed by atoms with E-state index in [4.69, 9.17) is 4.74 Å². The van der Waals surface area contributed by atoms with E-state index in [9.17, 15) is 18.0 Å². The number of alkyl halides is 3. The molecule has 3 rings (SSSR count). The molecule has 0 fully saturated rings. The molecular weight excluding hydrogens is 405 g/mol. The highest BCUT2D eigenvalue weighted by molar-refractivity contribution is 5.95. The van der Waals surface area contributed by atoms with E-state index in [1.54, 1.807) is 6.20 Å². The molecule has 1 N–H and O–H groups in total. The minimum atomic E-state index is -4.57.